The molecule has 0 aliphatic heterocycles. The summed E-state index contributed by atoms with van der Waals surface area (Å²) in [6.45, 7) is 37.3. The number of rotatable bonds is 16. The predicted molar refractivity (Wildman–Crippen MR) is 374 cm³/mol. The highest BCUT2D eigenvalue weighted by atomic mass is 14.5. The molecule has 0 radical (unpaired) electrons. The zero-order chi connectivity index (χ0) is 60.2. The Labute approximate surface area is 512 Å². The van der Waals surface area contributed by atoms with Crippen molar-refractivity contribution in [2.45, 2.75) is 142 Å². The number of aryl methyl sites for hydroxylation is 12. The van der Waals surface area contributed by atoms with Crippen molar-refractivity contribution in [3.8, 4) is 55.6 Å². The van der Waals surface area contributed by atoms with Crippen LogP contribution in [0.1, 0.15) is 131 Å². The zero-order valence-corrected chi connectivity index (χ0v) is 54.0. The molecule has 0 amide bonds. The van der Waals surface area contributed by atoms with Crippen LogP contribution in [-0.2, 0) is 5.41 Å². The van der Waals surface area contributed by atoms with Gasteiger partial charge in [0.2, 0.25) is 13.4 Å². The number of benzene rings is 10. The van der Waals surface area contributed by atoms with Crippen molar-refractivity contribution in [1.29, 1.82) is 0 Å². The van der Waals surface area contributed by atoms with Gasteiger partial charge in [-0.15, -0.1) is 0 Å². The standard InChI is InChI=1S/C83H88B2/c1-51(2)35-37-83(38-36-52(3)4)77-49-73(67-27-31-69(32-28-67)84(79-57(9)39-53(5)40-58(79)10)80-59(11)41-54(6)42-60(80)12)71(65-23-19-17-20-24-65)47-75(77)76-48-72(66-25-21-18-22-26-66)74(50-78(76)83)68-29-33-70(34-30-68)85(81-61(13)43-55(7)44-62(81)14)82-63(15)45-56(8)46-64(82)16/h17-34,39-52H,35-38H2,1-16H3. The van der Waals surface area contributed by atoms with E-state index in [2.05, 4.69) is 293 Å². The van der Waals surface area contributed by atoms with Crippen LogP contribution >= 0.6 is 0 Å². The fourth-order valence-corrected chi connectivity index (χ4v) is 15.8. The van der Waals surface area contributed by atoms with Crippen molar-refractivity contribution in [3.05, 3.63) is 260 Å². The smallest absolute Gasteiger partial charge is 0.0686 e. The van der Waals surface area contributed by atoms with Gasteiger partial charge in [0.05, 0.1) is 0 Å². The molecule has 11 rings (SSSR count). The SMILES string of the molecule is Cc1cc(C)c(B(c2ccc(-c3cc4c(cc3-c3ccccc3)-c3cc(-c5ccccc5)c(-c5ccc(B(c6c(C)cc(C)cc6C)c6c(C)cc(C)cc6C)cc5)cc3C4(CCC(C)C)CCC(C)C)cc2)c2c(C)cc(C)cc2C)c(C)c1. The molecule has 2 heteroatoms. The van der Waals surface area contributed by atoms with Gasteiger partial charge in [0.25, 0.3) is 0 Å². The van der Waals surface area contributed by atoms with Crippen molar-refractivity contribution in [3.63, 3.8) is 0 Å². The lowest BCUT2D eigenvalue weighted by Crippen LogP contribution is -2.55. The maximum absolute atomic E-state index is 2.67. The monoisotopic (exact) mass is 1110 g/mol. The van der Waals surface area contributed by atoms with Crippen LogP contribution in [0, 0.1) is 94.9 Å². The molecule has 0 N–H and O–H groups in total. The Morgan fingerprint density at radius 1 is 0.282 bits per heavy atom. The van der Waals surface area contributed by atoms with Crippen molar-refractivity contribution >= 4 is 46.2 Å². The van der Waals surface area contributed by atoms with Gasteiger partial charge in [0.1, 0.15) is 0 Å². The van der Waals surface area contributed by atoms with Gasteiger partial charge in [0, 0.05) is 5.41 Å². The lowest BCUT2D eigenvalue weighted by molar-refractivity contribution is 0.364. The third kappa shape index (κ3) is 11.4. The second-order valence-corrected chi connectivity index (χ2v) is 26.9. The minimum atomic E-state index is -0.203. The zero-order valence-electron chi connectivity index (χ0n) is 54.0. The molecular weight excluding hydrogens is 1020 g/mol. The summed E-state index contributed by atoms with van der Waals surface area (Å²) in [6, 6.07) is 71.6. The van der Waals surface area contributed by atoms with Gasteiger partial charge in [-0.25, -0.2) is 0 Å². The van der Waals surface area contributed by atoms with Crippen LogP contribution in [0.2, 0.25) is 0 Å². The average Bonchev–Trinajstić information content (AvgIpc) is 1.82. The quantitative estimate of drug-likeness (QED) is 0.0846. The summed E-state index contributed by atoms with van der Waals surface area (Å²) >= 11 is 0. The Morgan fingerprint density at radius 3 is 0.788 bits per heavy atom. The molecule has 10 aromatic carbocycles. The topological polar surface area (TPSA) is 0 Å². The molecule has 0 saturated heterocycles. The van der Waals surface area contributed by atoms with E-state index in [0.717, 1.165) is 25.7 Å². The molecule has 0 spiro atoms. The molecule has 0 heterocycles. The molecular formula is C83H88B2. The molecule has 0 saturated carbocycles. The first-order valence-electron chi connectivity index (χ1n) is 31.7. The average molecular weight is 1110 g/mol. The fraction of sp³-hybridized carbons (Fsp3) is 0.277. The van der Waals surface area contributed by atoms with Crippen molar-refractivity contribution in [2.75, 3.05) is 0 Å². The highest BCUT2D eigenvalue weighted by Gasteiger charge is 2.44. The van der Waals surface area contributed by atoms with Gasteiger partial charge in [0.15, 0.2) is 0 Å². The minimum Gasteiger partial charge on any atom is -0.0686 e. The van der Waals surface area contributed by atoms with Gasteiger partial charge in [-0.1, -0.05) is 285 Å². The first-order chi connectivity index (χ1) is 40.7. The highest BCUT2D eigenvalue weighted by molar-refractivity contribution is 6.97. The third-order valence-electron chi connectivity index (χ3n) is 19.3. The maximum atomic E-state index is 2.67. The van der Waals surface area contributed by atoms with Crippen LogP contribution in [0.5, 0.6) is 0 Å². The molecule has 10 aromatic rings. The Kier molecular flexibility index (Phi) is 16.7. The predicted octanol–water partition coefficient (Wildman–Crippen LogP) is 18.2. The molecule has 0 atom stereocenters. The van der Waals surface area contributed by atoms with Crippen molar-refractivity contribution in [2.24, 2.45) is 11.8 Å². The third-order valence-corrected chi connectivity index (χ3v) is 19.3. The summed E-state index contributed by atoms with van der Waals surface area (Å²) in [5, 5.41) is 0. The largest absolute Gasteiger partial charge is 0.242 e. The highest BCUT2D eigenvalue weighted by Crippen LogP contribution is 2.58. The van der Waals surface area contributed by atoms with E-state index in [1.54, 1.807) is 0 Å². The Balaban J connectivity index is 1.13. The van der Waals surface area contributed by atoms with Crippen LogP contribution in [0.15, 0.2) is 182 Å². The Morgan fingerprint density at radius 2 is 0.529 bits per heavy atom. The van der Waals surface area contributed by atoms with Crippen LogP contribution in [0.3, 0.4) is 0 Å². The van der Waals surface area contributed by atoms with E-state index < -0.39 is 0 Å². The first-order valence-corrected chi connectivity index (χ1v) is 31.7. The van der Waals surface area contributed by atoms with E-state index in [1.165, 1.54) is 166 Å². The van der Waals surface area contributed by atoms with Crippen molar-refractivity contribution < 1.29 is 0 Å². The van der Waals surface area contributed by atoms with Gasteiger partial charge < -0.3 is 0 Å². The molecule has 426 valence electrons. The van der Waals surface area contributed by atoms with Crippen molar-refractivity contribution in [1.82, 2.24) is 0 Å². The minimum absolute atomic E-state index is 0.104. The van der Waals surface area contributed by atoms with E-state index in [0.29, 0.717) is 11.8 Å². The molecule has 0 bridgehead atoms. The summed E-state index contributed by atoms with van der Waals surface area (Å²) in [5.74, 6) is 1.11. The van der Waals surface area contributed by atoms with Gasteiger partial charge in [-0.05, 0) is 212 Å². The maximum Gasteiger partial charge on any atom is 0.242 e. The first kappa shape index (κ1) is 59.1. The van der Waals surface area contributed by atoms with Gasteiger partial charge >= 0.3 is 0 Å². The molecule has 0 aromatic heterocycles. The van der Waals surface area contributed by atoms with E-state index in [4.69, 9.17) is 0 Å². The van der Waals surface area contributed by atoms with E-state index in [1.807, 2.05) is 0 Å². The molecule has 1 aliphatic rings. The molecule has 0 fully saturated rings. The summed E-state index contributed by atoms with van der Waals surface area (Å²) in [6.07, 6.45) is 4.45. The van der Waals surface area contributed by atoms with E-state index >= 15 is 0 Å². The molecule has 1 aliphatic carbocycles. The summed E-state index contributed by atoms with van der Waals surface area (Å²) < 4.78 is 0. The second-order valence-electron chi connectivity index (χ2n) is 26.9. The van der Waals surface area contributed by atoms with Crippen LogP contribution in [0.25, 0.3) is 55.6 Å². The van der Waals surface area contributed by atoms with Crippen LogP contribution in [-0.4, -0.2) is 13.4 Å². The molecule has 0 unspecified atom stereocenters. The van der Waals surface area contributed by atoms with Crippen LogP contribution < -0.4 is 32.8 Å². The second kappa shape index (κ2) is 24.0. The lowest BCUT2D eigenvalue weighted by atomic mass is 9.34. The molecule has 85 heavy (non-hydrogen) atoms. The number of fused-ring (bicyclic) bond motifs is 3. The number of hydrogen-bond acceptors (Lipinski definition) is 0. The fourth-order valence-electron chi connectivity index (χ4n) is 15.8. The summed E-state index contributed by atoms with van der Waals surface area (Å²) in [7, 11) is 0. The normalized spacial score (nSPS) is 12.5. The number of hydrogen-bond donors (Lipinski definition) is 0. The Bertz CT molecular complexity index is 3640. The van der Waals surface area contributed by atoms with E-state index in [9.17, 15) is 0 Å². The summed E-state index contributed by atoms with van der Waals surface area (Å²) in [5.41, 5.74) is 40.1. The summed E-state index contributed by atoms with van der Waals surface area (Å²) in [4.78, 5) is 0. The lowest BCUT2D eigenvalue weighted by Gasteiger charge is -2.35. The van der Waals surface area contributed by atoms with Gasteiger partial charge in [-0.2, -0.15) is 0 Å². The van der Waals surface area contributed by atoms with Crippen LogP contribution in [0.4, 0.5) is 0 Å². The van der Waals surface area contributed by atoms with E-state index in [-0.39, 0.29) is 18.8 Å². The molecule has 0 nitrogen and oxygen atoms in total. The Hall–Kier alpha value is -7.67. The van der Waals surface area contributed by atoms with Gasteiger partial charge in [-0.3, -0.25) is 0 Å².